The molecule has 0 fully saturated rings. The molecule has 0 aliphatic heterocycles. The largest absolute Gasteiger partial charge is 0.457 e. The Labute approximate surface area is 139 Å². The van der Waals surface area contributed by atoms with E-state index >= 15 is 0 Å². The highest BCUT2D eigenvalue weighted by Gasteiger charge is 2.07. The van der Waals surface area contributed by atoms with Gasteiger partial charge in [0.05, 0.1) is 5.56 Å². The predicted octanol–water partition coefficient (Wildman–Crippen LogP) is 2.77. The first kappa shape index (κ1) is 17.0. The van der Waals surface area contributed by atoms with Gasteiger partial charge in [0.1, 0.15) is 11.8 Å². The topological polar surface area (TPSA) is 68.3 Å². The van der Waals surface area contributed by atoms with Crippen LogP contribution in [-0.4, -0.2) is 23.4 Å². The summed E-state index contributed by atoms with van der Waals surface area (Å²) in [6.45, 7) is 2.20. The Morgan fingerprint density at radius 2 is 1.83 bits per heavy atom. The highest BCUT2D eigenvalue weighted by atomic mass is 35.5. The van der Waals surface area contributed by atoms with Crippen molar-refractivity contribution in [1.29, 1.82) is 0 Å². The summed E-state index contributed by atoms with van der Waals surface area (Å²) in [6, 6.07) is 10.5. The summed E-state index contributed by atoms with van der Waals surface area (Å²) in [5, 5.41) is 3.13. The highest BCUT2D eigenvalue weighted by Crippen LogP contribution is 2.10. The van der Waals surface area contributed by atoms with Gasteiger partial charge in [-0.1, -0.05) is 29.8 Å². The van der Waals surface area contributed by atoms with Crippen molar-refractivity contribution in [3.63, 3.8) is 0 Å². The fourth-order valence-corrected chi connectivity index (χ4v) is 2.03. The lowest BCUT2D eigenvalue weighted by Gasteiger charge is -2.06. The van der Waals surface area contributed by atoms with Crippen molar-refractivity contribution in [2.45, 2.75) is 20.0 Å². The smallest absolute Gasteiger partial charge is 0.338 e. The number of hydrogen-bond acceptors (Lipinski definition) is 4. The minimum Gasteiger partial charge on any atom is -0.457 e. The van der Waals surface area contributed by atoms with Gasteiger partial charge in [-0.15, -0.1) is 0 Å². The molecule has 0 bridgehead atoms. The third kappa shape index (κ3) is 5.71. The van der Waals surface area contributed by atoms with Crippen molar-refractivity contribution < 1.29 is 14.3 Å². The molecule has 1 heterocycles. The minimum absolute atomic E-state index is 0.0538. The highest BCUT2D eigenvalue weighted by molar-refractivity contribution is 6.29. The number of aromatic nitrogens is 1. The Kier molecular flexibility index (Phi) is 6.11. The number of amides is 1. The van der Waals surface area contributed by atoms with Gasteiger partial charge in [0.25, 0.3) is 0 Å². The summed E-state index contributed by atoms with van der Waals surface area (Å²) in [5.74, 6) is -0.449. The summed E-state index contributed by atoms with van der Waals surface area (Å²) in [5.41, 5.74) is 2.29. The third-order valence-corrected chi connectivity index (χ3v) is 3.36. The van der Waals surface area contributed by atoms with Gasteiger partial charge in [0.2, 0.25) is 5.91 Å². The molecule has 1 amide bonds. The Morgan fingerprint density at radius 1 is 1.13 bits per heavy atom. The molecule has 120 valence electrons. The van der Waals surface area contributed by atoms with Crippen LogP contribution in [0.3, 0.4) is 0 Å². The minimum atomic E-state index is -0.395. The number of carbonyl (C=O) groups excluding carboxylic acids is 2. The second kappa shape index (κ2) is 8.29. The molecule has 0 saturated carbocycles. The summed E-state index contributed by atoms with van der Waals surface area (Å²) in [6.07, 6.45) is 2.28. The maximum Gasteiger partial charge on any atom is 0.338 e. The number of benzene rings is 1. The maximum absolute atomic E-state index is 12.0. The molecule has 0 saturated heterocycles. The molecular formula is C17H17ClN2O3. The van der Waals surface area contributed by atoms with E-state index in [4.69, 9.17) is 16.3 Å². The lowest BCUT2D eigenvalue weighted by molar-refractivity contribution is -0.118. The summed E-state index contributed by atoms with van der Waals surface area (Å²) in [4.78, 5) is 26.7. The summed E-state index contributed by atoms with van der Waals surface area (Å²) >= 11 is 5.70. The second-order valence-corrected chi connectivity index (χ2v) is 5.38. The van der Waals surface area contributed by atoms with Gasteiger partial charge < -0.3 is 10.1 Å². The van der Waals surface area contributed by atoms with Crippen LogP contribution in [0.15, 0.2) is 42.6 Å². The van der Waals surface area contributed by atoms with Crippen molar-refractivity contribution in [1.82, 2.24) is 10.3 Å². The van der Waals surface area contributed by atoms with Gasteiger partial charge in [-0.3, -0.25) is 4.79 Å². The molecule has 0 aliphatic carbocycles. The Bertz CT molecular complexity index is 669. The van der Waals surface area contributed by atoms with Gasteiger partial charge >= 0.3 is 5.97 Å². The molecule has 0 atom stereocenters. The molecule has 2 rings (SSSR count). The zero-order valence-electron chi connectivity index (χ0n) is 12.7. The van der Waals surface area contributed by atoms with Crippen molar-refractivity contribution in [2.24, 2.45) is 0 Å². The molecule has 1 aromatic carbocycles. The second-order valence-electron chi connectivity index (χ2n) is 5.00. The Balaban J connectivity index is 1.84. The van der Waals surface area contributed by atoms with E-state index in [1.54, 1.807) is 30.5 Å². The van der Waals surface area contributed by atoms with E-state index in [9.17, 15) is 9.59 Å². The SMILES string of the molecule is CC(=O)NCCc1ccc(C(=O)OCc2ccc(Cl)nc2)cc1. The molecular weight excluding hydrogens is 316 g/mol. The van der Waals surface area contributed by atoms with E-state index in [0.29, 0.717) is 23.7 Å². The van der Waals surface area contributed by atoms with E-state index in [1.165, 1.54) is 6.92 Å². The fourth-order valence-electron chi connectivity index (χ4n) is 1.91. The first-order chi connectivity index (χ1) is 11.0. The van der Waals surface area contributed by atoms with E-state index < -0.39 is 5.97 Å². The molecule has 6 heteroatoms. The van der Waals surface area contributed by atoms with Gasteiger partial charge in [-0.25, -0.2) is 9.78 Å². The van der Waals surface area contributed by atoms with Crippen LogP contribution in [0.1, 0.15) is 28.4 Å². The van der Waals surface area contributed by atoms with E-state index in [-0.39, 0.29) is 12.5 Å². The van der Waals surface area contributed by atoms with Crippen molar-refractivity contribution >= 4 is 23.5 Å². The van der Waals surface area contributed by atoms with Crippen LogP contribution in [0.25, 0.3) is 0 Å². The lowest BCUT2D eigenvalue weighted by atomic mass is 10.1. The van der Waals surface area contributed by atoms with E-state index in [2.05, 4.69) is 10.3 Å². The average Bonchev–Trinajstić information content (AvgIpc) is 2.54. The molecule has 5 nitrogen and oxygen atoms in total. The number of hydrogen-bond donors (Lipinski definition) is 1. The molecule has 1 aromatic heterocycles. The average molecular weight is 333 g/mol. The number of rotatable bonds is 6. The normalized spacial score (nSPS) is 10.2. The number of halogens is 1. The van der Waals surface area contributed by atoms with Gasteiger partial charge in [-0.05, 0) is 30.2 Å². The van der Waals surface area contributed by atoms with Crippen LogP contribution in [0, 0.1) is 0 Å². The fraction of sp³-hybridized carbons (Fsp3) is 0.235. The Morgan fingerprint density at radius 3 is 2.43 bits per heavy atom. The van der Waals surface area contributed by atoms with E-state index in [1.807, 2.05) is 12.1 Å². The van der Waals surface area contributed by atoms with Crippen molar-refractivity contribution in [3.8, 4) is 0 Å². The molecule has 0 radical (unpaired) electrons. The summed E-state index contributed by atoms with van der Waals surface area (Å²) < 4.78 is 5.23. The number of ether oxygens (including phenoxy) is 1. The number of pyridine rings is 1. The number of esters is 1. The molecule has 2 aromatic rings. The predicted molar refractivity (Wildman–Crippen MR) is 87.2 cm³/mol. The number of nitrogens with zero attached hydrogens (tertiary/aromatic N) is 1. The van der Waals surface area contributed by atoms with Crippen LogP contribution < -0.4 is 5.32 Å². The molecule has 0 unspecified atom stereocenters. The monoisotopic (exact) mass is 332 g/mol. The quantitative estimate of drug-likeness (QED) is 0.652. The Hall–Kier alpha value is -2.40. The van der Waals surface area contributed by atoms with Crippen LogP contribution in [0.4, 0.5) is 0 Å². The molecule has 23 heavy (non-hydrogen) atoms. The third-order valence-electron chi connectivity index (χ3n) is 3.14. The lowest BCUT2D eigenvalue weighted by Crippen LogP contribution is -2.22. The molecule has 1 N–H and O–H groups in total. The van der Waals surface area contributed by atoms with Crippen molar-refractivity contribution in [3.05, 3.63) is 64.4 Å². The van der Waals surface area contributed by atoms with Crippen LogP contribution >= 0.6 is 11.6 Å². The maximum atomic E-state index is 12.0. The number of nitrogens with one attached hydrogen (secondary N) is 1. The number of carbonyl (C=O) groups is 2. The molecule has 0 aliphatic rings. The van der Waals surface area contributed by atoms with Gasteiger partial charge in [0, 0.05) is 25.2 Å². The standard InChI is InChI=1S/C17H17ClN2O3/c1-12(21)19-9-8-13-2-5-15(6-3-13)17(22)23-11-14-4-7-16(18)20-10-14/h2-7,10H,8-9,11H2,1H3,(H,19,21). The van der Waals surface area contributed by atoms with E-state index in [0.717, 1.165) is 11.1 Å². The zero-order chi connectivity index (χ0) is 16.7. The van der Waals surface area contributed by atoms with Crippen LogP contribution in [-0.2, 0) is 22.6 Å². The summed E-state index contributed by atoms with van der Waals surface area (Å²) in [7, 11) is 0. The van der Waals surface area contributed by atoms with Gasteiger partial charge in [0.15, 0.2) is 0 Å². The van der Waals surface area contributed by atoms with Crippen LogP contribution in [0.2, 0.25) is 5.15 Å². The first-order valence-corrected chi connectivity index (χ1v) is 7.53. The van der Waals surface area contributed by atoms with Crippen LogP contribution in [0.5, 0.6) is 0 Å². The first-order valence-electron chi connectivity index (χ1n) is 7.15. The van der Waals surface area contributed by atoms with Crippen molar-refractivity contribution in [2.75, 3.05) is 6.54 Å². The molecule has 0 spiro atoms. The van der Waals surface area contributed by atoms with Gasteiger partial charge in [-0.2, -0.15) is 0 Å². The zero-order valence-corrected chi connectivity index (χ0v) is 13.5.